The van der Waals surface area contributed by atoms with Crippen LogP contribution in [0.2, 0.25) is 0 Å². The summed E-state index contributed by atoms with van der Waals surface area (Å²) in [6.45, 7) is 15.0. The minimum absolute atomic E-state index is 0.110. The summed E-state index contributed by atoms with van der Waals surface area (Å²) in [5.74, 6) is 19.7. The minimum atomic E-state index is -0.543. The number of rotatable bonds is 7. The van der Waals surface area contributed by atoms with E-state index in [-0.39, 0.29) is 5.41 Å². The van der Waals surface area contributed by atoms with E-state index in [4.69, 9.17) is 6.42 Å². The van der Waals surface area contributed by atoms with Gasteiger partial charge in [0.15, 0.2) is 0 Å². The van der Waals surface area contributed by atoms with Gasteiger partial charge < -0.3 is 4.90 Å². The van der Waals surface area contributed by atoms with Crippen molar-refractivity contribution in [1.82, 2.24) is 0 Å². The highest BCUT2D eigenvalue weighted by atomic mass is 15.1. The van der Waals surface area contributed by atoms with Gasteiger partial charge in [0.1, 0.15) is 0 Å². The average Bonchev–Trinajstić information content (AvgIpc) is 3.51. The highest BCUT2D eigenvalue weighted by molar-refractivity contribution is 5.87. The van der Waals surface area contributed by atoms with Gasteiger partial charge in [-0.05, 0) is 164 Å². The van der Waals surface area contributed by atoms with Crippen LogP contribution in [0.1, 0.15) is 55.5 Å². The molecule has 0 N–H and O–H groups in total. The number of nitrogens with zero attached hydrogens (tertiary/aromatic N) is 1. The number of fused-ring (bicyclic) bond motifs is 3. The number of benzene rings is 7. The van der Waals surface area contributed by atoms with E-state index >= 15 is 0 Å². The molecule has 1 heteroatoms. The Morgan fingerprint density at radius 2 is 0.933 bits per heavy atom. The summed E-state index contributed by atoms with van der Waals surface area (Å²) >= 11 is 0. The summed E-state index contributed by atoms with van der Waals surface area (Å²) in [5, 5.41) is 0. The predicted molar refractivity (Wildman–Crippen MR) is 255 cm³/mol. The Balaban J connectivity index is 1.15. The number of hydrogen-bond acceptors (Lipinski definition) is 1. The molecule has 0 radical (unpaired) electrons. The zero-order valence-corrected chi connectivity index (χ0v) is 34.8. The predicted octanol–water partition coefficient (Wildman–Crippen LogP) is 14.3. The molecular formula is C59H45N. The summed E-state index contributed by atoms with van der Waals surface area (Å²) in [6, 6.07) is 57.4. The van der Waals surface area contributed by atoms with Crippen LogP contribution in [0, 0.1) is 54.8 Å². The lowest BCUT2D eigenvalue weighted by molar-refractivity contribution is 0.590. The molecule has 0 aromatic heterocycles. The molecule has 0 fully saturated rings. The summed E-state index contributed by atoms with van der Waals surface area (Å²) < 4.78 is 0. The zero-order valence-electron chi connectivity index (χ0n) is 34.8. The standard InChI is InChI=1S/C59H45N/c1-8-10-11-12-13-14-39-59(7)56-40-42(3)15-37-54(56)55-38-28-49(41-57(55)59)48-26-35-53(36-27-48)60(51-31-22-46(23-32-51)44-18-16-43(9-2)17-19-44)52-33-24-47(25-34-52)45-20-29-50(30-21-45)58(4,5)6/h1,9,15-38,40-41H,2H2,3-7H3. The van der Waals surface area contributed by atoms with E-state index in [0.29, 0.717) is 0 Å². The van der Waals surface area contributed by atoms with E-state index in [1.165, 1.54) is 50.1 Å². The second-order valence-corrected chi connectivity index (χ2v) is 16.5. The SMILES string of the molecule is C#CC#CC#CC#CC1(C)c2cc(C)ccc2-c2ccc(-c3ccc(N(c4ccc(-c5ccc(C=C)cc5)cc4)c4ccc(-c5ccc(C(C)(C)C)cc5)cc4)cc3)cc21. The van der Waals surface area contributed by atoms with Crippen molar-refractivity contribution in [1.29, 1.82) is 0 Å². The fourth-order valence-electron chi connectivity index (χ4n) is 8.08. The number of terminal acetylenes is 1. The van der Waals surface area contributed by atoms with Crippen molar-refractivity contribution in [2.75, 3.05) is 4.90 Å². The molecule has 1 aliphatic carbocycles. The Kier molecular flexibility index (Phi) is 10.6. The van der Waals surface area contributed by atoms with Gasteiger partial charge in [-0.1, -0.05) is 160 Å². The van der Waals surface area contributed by atoms with Crippen molar-refractivity contribution in [3.05, 3.63) is 192 Å². The maximum Gasteiger partial charge on any atom is 0.0806 e. The van der Waals surface area contributed by atoms with Gasteiger partial charge in [0.2, 0.25) is 0 Å². The molecule has 286 valence electrons. The fourth-order valence-corrected chi connectivity index (χ4v) is 8.08. The lowest BCUT2D eigenvalue weighted by Crippen LogP contribution is -2.18. The Labute approximate surface area is 356 Å². The quantitative estimate of drug-likeness (QED) is 0.146. The van der Waals surface area contributed by atoms with E-state index in [0.717, 1.165) is 39.3 Å². The first-order chi connectivity index (χ1) is 29.1. The Morgan fingerprint density at radius 1 is 0.517 bits per heavy atom. The maximum absolute atomic E-state index is 5.26. The molecular weight excluding hydrogens is 723 g/mol. The van der Waals surface area contributed by atoms with Gasteiger partial charge in [-0.25, -0.2) is 0 Å². The van der Waals surface area contributed by atoms with Crippen LogP contribution < -0.4 is 4.90 Å². The van der Waals surface area contributed by atoms with Gasteiger partial charge in [0.05, 0.1) is 5.41 Å². The third-order valence-electron chi connectivity index (χ3n) is 11.5. The Morgan fingerprint density at radius 3 is 1.43 bits per heavy atom. The largest absolute Gasteiger partial charge is 0.311 e. The van der Waals surface area contributed by atoms with Crippen molar-refractivity contribution in [3.8, 4) is 92.4 Å². The molecule has 0 aliphatic heterocycles. The van der Waals surface area contributed by atoms with Crippen molar-refractivity contribution < 1.29 is 0 Å². The normalized spacial score (nSPS) is 13.5. The average molecular weight is 768 g/mol. The molecule has 0 heterocycles. The lowest BCUT2D eigenvalue weighted by atomic mass is 9.79. The molecule has 0 saturated carbocycles. The van der Waals surface area contributed by atoms with E-state index in [1.807, 2.05) is 6.08 Å². The van der Waals surface area contributed by atoms with E-state index in [1.54, 1.807) is 0 Å². The lowest BCUT2D eigenvalue weighted by Gasteiger charge is -2.26. The molecule has 1 unspecified atom stereocenters. The second-order valence-electron chi connectivity index (χ2n) is 16.5. The van der Waals surface area contributed by atoms with Gasteiger partial charge in [-0.3, -0.25) is 0 Å². The van der Waals surface area contributed by atoms with Crippen molar-refractivity contribution >= 4 is 23.1 Å². The second kappa shape index (κ2) is 16.3. The first-order valence-corrected chi connectivity index (χ1v) is 20.2. The molecule has 0 bridgehead atoms. The van der Waals surface area contributed by atoms with Crippen LogP contribution in [0.25, 0.3) is 50.6 Å². The van der Waals surface area contributed by atoms with Crippen LogP contribution in [0.4, 0.5) is 17.1 Å². The van der Waals surface area contributed by atoms with Crippen LogP contribution in [0.5, 0.6) is 0 Å². The van der Waals surface area contributed by atoms with Crippen LogP contribution >= 0.6 is 0 Å². The Bertz CT molecular complexity index is 2970. The molecule has 7 aromatic rings. The fraction of sp³-hybridized carbons (Fsp3) is 0.119. The van der Waals surface area contributed by atoms with Crippen LogP contribution in [-0.2, 0) is 10.8 Å². The summed E-state index contributed by atoms with van der Waals surface area (Å²) in [7, 11) is 0. The monoisotopic (exact) mass is 767 g/mol. The first-order valence-electron chi connectivity index (χ1n) is 20.2. The smallest absolute Gasteiger partial charge is 0.0806 e. The maximum atomic E-state index is 5.26. The summed E-state index contributed by atoms with van der Waals surface area (Å²) in [6.07, 6.45) is 7.13. The molecule has 0 saturated heterocycles. The topological polar surface area (TPSA) is 3.24 Å². The number of anilines is 3. The van der Waals surface area contributed by atoms with Gasteiger partial charge in [0.25, 0.3) is 0 Å². The Hall–Kier alpha value is -7.68. The van der Waals surface area contributed by atoms with Crippen LogP contribution in [0.15, 0.2) is 164 Å². The molecule has 1 aliphatic rings. The zero-order chi connectivity index (χ0) is 41.9. The highest BCUT2D eigenvalue weighted by Crippen LogP contribution is 2.50. The van der Waals surface area contributed by atoms with Crippen LogP contribution in [0.3, 0.4) is 0 Å². The van der Waals surface area contributed by atoms with Crippen molar-refractivity contribution in [2.24, 2.45) is 0 Å². The molecule has 0 amide bonds. The van der Waals surface area contributed by atoms with Crippen LogP contribution in [-0.4, -0.2) is 0 Å². The van der Waals surface area contributed by atoms with Crippen molar-refractivity contribution in [2.45, 2.75) is 45.4 Å². The number of hydrogen-bond donors (Lipinski definition) is 0. The van der Waals surface area contributed by atoms with E-state index < -0.39 is 5.41 Å². The third-order valence-corrected chi connectivity index (χ3v) is 11.5. The number of aryl methyl sites for hydroxylation is 1. The molecule has 1 nitrogen and oxygen atoms in total. The van der Waals surface area contributed by atoms with Crippen molar-refractivity contribution in [3.63, 3.8) is 0 Å². The van der Waals surface area contributed by atoms with Gasteiger partial charge in [-0.15, -0.1) is 6.42 Å². The van der Waals surface area contributed by atoms with E-state index in [9.17, 15) is 0 Å². The minimum Gasteiger partial charge on any atom is -0.311 e. The summed E-state index contributed by atoms with van der Waals surface area (Å²) in [4.78, 5) is 2.32. The molecule has 8 rings (SSSR count). The van der Waals surface area contributed by atoms with Gasteiger partial charge in [-0.2, -0.15) is 0 Å². The molecule has 0 spiro atoms. The van der Waals surface area contributed by atoms with E-state index in [2.05, 4.69) is 245 Å². The summed E-state index contributed by atoms with van der Waals surface area (Å²) in [5.41, 5.74) is 18.1. The molecule has 60 heavy (non-hydrogen) atoms. The molecule has 7 aromatic carbocycles. The molecule has 1 atom stereocenters. The van der Waals surface area contributed by atoms with Gasteiger partial charge >= 0.3 is 0 Å². The third kappa shape index (κ3) is 7.79. The van der Waals surface area contributed by atoms with Gasteiger partial charge in [0, 0.05) is 17.1 Å². The highest BCUT2D eigenvalue weighted by Gasteiger charge is 2.38. The first kappa shape index (κ1) is 39.2.